The maximum absolute atomic E-state index is 7.05. The Morgan fingerprint density at radius 3 is 1.64 bits per heavy atom. The molecule has 0 atom stereocenters. The number of anilines is 3. The number of hydrogen-bond donors (Lipinski definition) is 0. The van der Waals surface area contributed by atoms with Crippen LogP contribution in [0.5, 0.6) is 0 Å². The summed E-state index contributed by atoms with van der Waals surface area (Å²) in [5, 5.41) is 4.44. The van der Waals surface area contributed by atoms with Crippen LogP contribution in [0.25, 0.3) is 77.3 Å². The first-order valence-electron chi connectivity index (χ1n) is 23.2. The molecule has 0 fully saturated rings. The molecule has 2 aliphatic rings. The van der Waals surface area contributed by atoms with Gasteiger partial charge in [0.15, 0.2) is 0 Å². The van der Waals surface area contributed by atoms with Gasteiger partial charge in [-0.15, -0.1) is 0 Å². The molecular formula is C64H43NO2. The number of hydrogen-bond acceptors (Lipinski definition) is 3. The first-order chi connectivity index (χ1) is 33.0. The highest BCUT2D eigenvalue weighted by atomic mass is 16.3. The normalized spacial score (nSPS) is 14.1. The van der Waals surface area contributed by atoms with Gasteiger partial charge in [0.2, 0.25) is 0 Å². The summed E-state index contributed by atoms with van der Waals surface area (Å²) < 4.78 is 13.5. The highest BCUT2D eigenvalue weighted by Gasteiger charge is 2.46. The third-order valence-corrected chi connectivity index (χ3v) is 15.0. The Hall–Kier alpha value is -8.40. The fraction of sp³-hybridized carbons (Fsp3) is 0.0625. The Morgan fingerprint density at radius 2 is 0.866 bits per heavy atom. The van der Waals surface area contributed by atoms with E-state index in [-0.39, 0.29) is 5.41 Å². The molecule has 2 heterocycles. The number of furan rings is 2. The van der Waals surface area contributed by atoms with Crippen molar-refractivity contribution >= 4 is 60.9 Å². The molecule has 0 unspecified atom stereocenters. The molecule has 0 spiro atoms. The molecule has 0 bridgehead atoms. The van der Waals surface area contributed by atoms with Gasteiger partial charge in [-0.1, -0.05) is 184 Å². The average Bonchev–Trinajstić information content (AvgIpc) is 4.10. The fourth-order valence-corrected chi connectivity index (χ4v) is 11.9. The van der Waals surface area contributed by atoms with E-state index in [1.165, 1.54) is 55.6 Å². The van der Waals surface area contributed by atoms with E-state index in [0.717, 1.165) is 72.1 Å². The summed E-state index contributed by atoms with van der Waals surface area (Å²) in [6.07, 6.45) is 0. The number of nitrogens with zero attached hydrogens (tertiary/aromatic N) is 1. The van der Waals surface area contributed by atoms with E-state index < -0.39 is 5.41 Å². The molecule has 316 valence electrons. The van der Waals surface area contributed by atoms with Crippen molar-refractivity contribution in [1.29, 1.82) is 0 Å². The van der Waals surface area contributed by atoms with Gasteiger partial charge >= 0.3 is 0 Å². The van der Waals surface area contributed by atoms with Crippen molar-refractivity contribution in [3.8, 4) is 33.4 Å². The van der Waals surface area contributed by atoms with Crippen molar-refractivity contribution < 1.29 is 8.83 Å². The minimum Gasteiger partial charge on any atom is -0.456 e. The number of para-hydroxylation sites is 2. The van der Waals surface area contributed by atoms with Gasteiger partial charge in [-0.3, -0.25) is 0 Å². The lowest BCUT2D eigenvalue weighted by Gasteiger charge is -2.33. The average molecular weight is 858 g/mol. The van der Waals surface area contributed by atoms with E-state index in [1.807, 2.05) is 12.1 Å². The zero-order valence-corrected chi connectivity index (χ0v) is 37.1. The quantitative estimate of drug-likeness (QED) is 0.167. The molecule has 3 nitrogen and oxygen atoms in total. The molecule has 67 heavy (non-hydrogen) atoms. The number of benzene rings is 10. The first-order valence-corrected chi connectivity index (χ1v) is 23.2. The third-order valence-electron chi connectivity index (χ3n) is 15.0. The monoisotopic (exact) mass is 857 g/mol. The Labute approximate surface area is 388 Å². The summed E-state index contributed by atoms with van der Waals surface area (Å²) >= 11 is 0. The van der Waals surface area contributed by atoms with Crippen LogP contribution in [0.4, 0.5) is 17.1 Å². The second-order valence-electron chi connectivity index (χ2n) is 18.8. The Kier molecular flexibility index (Phi) is 7.95. The van der Waals surface area contributed by atoms with E-state index in [4.69, 9.17) is 8.83 Å². The highest BCUT2D eigenvalue weighted by Crippen LogP contribution is 2.57. The van der Waals surface area contributed by atoms with Gasteiger partial charge in [-0.05, 0) is 110 Å². The van der Waals surface area contributed by atoms with Crippen LogP contribution in [0.3, 0.4) is 0 Å². The molecule has 2 aliphatic carbocycles. The summed E-state index contributed by atoms with van der Waals surface area (Å²) in [4.78, 5) is 2.36. The van der Waals surface area contributed by atoms with Gasteiger partial charge in [0.25, 0.3) is 0 Å². The minimum atomic E-state index is -0.500. The minimum absolute atomic E-state index is 0.139. The molecule has 0 saturated carbocycles. The lowest BCUT2D eigenvalue weighted by atomic mass is 9.67. The van der Waals surface area contributed by atoms with Crippen molar-refractivity contribution in [2.24, 2.45) is 0 Å². The predicted octanol–water partition coefficient (Wildman–Crippen LogP) is 17.3. The largest absolute Gasteiger partial charge is 0.456 e. The predicted molar refractivity (Wildman–Crippen MR) is 276 cm³/mol. The second-order valence-corrected chi connectivity index (χ2v) is 18.8. The number of rotatable bonds is 6. The number of fused-ring (bicyclic) bond motifs is 12. The summed E-state index contributed by atoms with van der Waals surface area (Å²) in [6, 6.07) is 81.8. The molecule has 10 aromatic carbocycles. The molecule has 12 aromatic rings. The van der Waals surface area contributed by atoms with Gasteiger partial charge in [-0.25, -0.2) is 0 Å². The maximum atomic E-state index is 7.05. The third kappa shape index (κ3) is 5.34. The van der Waals surface area contributed by atoms with E-state index >= 15 is 0 Å². The van der Waals surface area contributed by atoms with Crippen LogP contribution in [-0.4, -0.2) is 0 Å². The SMILES string of the molecule is CC1(C)c2ccccc2-c2ccc(N(c3ccc(-c4cccc5c4oc4cc(C6(c7ccccc7)c7ccccc7-c7ccccc76)ccc45)cc3)c3ccc4c(c3)oc3ccccc34)cc21. The van der Waals surface area contributed by atoms with Crippen molar-refractivity contribution in [3.05, 3.63) is 258 Å². The van der Waals surface area contributed by atoms with Gasteiger partial charge in [0.05, 0.1) is 5.41 Å². The summed E-state index contributed by atoms with van der Waals surface area (Å²) in [5.74, 6) is 0. The van der Waals surface area contributed by atoms with Crippen LogP contribution >= 0.6 is 0 Å². The van der Waals surface area contributed by atoms with Gasteiger partial charge in [0.1, 0.15) is 22.3 Å². The molecule has 14 rings (SSSR count). The smallest absolute Gasteiger partial charge is 0.143 e. The molecule has 0 saturated heterocycles. The Morgan fingerprint density at radius 1 is 0.328 bits per heavy atom. The van der Waals surface area contributed by atoms with Gasteiger partial charge in [-0.2, -0.15) is 0 Å². The van der Waals surface area contributed by atoms with E-state index in [9.17, 15) is 0 Å². The molecule has 0 radical (unpaired) electrons. The van der Waals surface area contributed by atoms with Crippen molar-refractivity contribution in [1.82, 2.24) is 0 Å². The lowest BCUT2D eigenvalue weighted by Crippen LogP contribution is -2.28. The van der Waals surface area contributed by atoms with E-state index in [1.54, 1.807) is 0 Å². The van der Waals surface area contributed by atoms with Crippen LogP contribution in [0.15, 0.2) is 233 Å². The Bertz CT molecular complexity index is 3920. The van der Waals surface area contributed by atoms with Crippen molar-refractivity contribution in [2.75, 3.05) is 4.90 Å². The molecular weight excluding hydrogens is 815 g/mol. The van der Waals surface area contributed by atoms with Crippen LogP contribution in [0.2, 0.25) is 0 Å². The summed E-state index contributed by atoms with van der Waals surface area (Å²) in [7, 11) is 0. The van der Waals surface area contributed by atoms with Crippen molar-refractivity contribution in [2.45, 2.75) is 24.7 Å². The molecule has 0 N–H and O–H groups in total. The summed E-state index contributed by atoms with van der Waals surface area (Å²) in [5.41, 5.74) is 21.1. The van der Waals surface area contributed by atoms with Crippen LogP contribution in [0.1, 0.15) is 47.2 Å². The fourth-order valence-electron chi connectivity index (χ4n) is 11.9. The molecule has 0 amide bonds. The topological polar surface area (TPSA) is 29.5 Å². The van der Waals surface area contributed by atoms with Gasteiger partial charge < -0.3 is 13.7 Å². The summed E-state index contributed by atoms with van der Waals surface area (Å²) in [6.45, 7) is 4.68. The zero-order chi connectivity index (χ0) is 44.4. The molecule has 2 aromatic heterocycles. The van der Waals surface area contributed by atoms with E-state index in [2.05, 4.69) is 231 Å². The van der Waals surface area contributed by atoms with E-state index in [0.29, 0.717) is 0 Å². The van der Waals surface area contributed by atoms with Gasteiger partial charge in [0, 0.05) is 55.7 Å². The maximum Gasteiger partial charge on any atom is 0.143 e. The standard InChI is InChI=1S/C64H43NO2/c1-63(2)55-23-10-6-17-47(55)50-35-32-44(38-58(50)63)65(45-33-36-52-51-20-9-13-26-59(51)66-61(52)39-45)43-30-27-40(28-31-43)46-21-14-22-54-53-34-29-42(37-60(53)67-62(46)54)64(41-15-4-3-5-16-41)56-24-11-7-18-48(56)49-19-8-12-25-57(49)64/h3-39H,1-2H3. The Balaban J connectivity index is 0.898. The van der Waals surface area contributed by atoms with Crippen molar-refractivity contribution in [3.63, 3.8) is 0 Å². The lowest BCUT2D eigenvalue weighted by molar-refractivity contribution is 0.660. The van der Waals surface area contributed by atoms with Crippen LogP contribution in [-0.2, 0) is 10.8 Å². The molecule has 0 aliphatic heterocycles. The first kappa shape index (κ1) is 37.9. The van der Waals surface area contributed by atoms with Crippen LogP contribution < -0.4 is 4.90 Å². The molecule has 3 heteroatoms. The zero-order valence-electron chi connectivity index (χ0n) is 37.1. The highest BCUT2D eigenvalue weighted by molar-refractivity contribution is 6.10. The van der Waals surface area contributed by atoms with Crippen LogP contribution in [0, 0.1) is 0 Å². The second kappa shape index (κ2) is 14.1.